The van der Waals surface area contributed by atoms with Crippen molar-refractivity contribution in [2.75, 3.05) is 5.73 Å². The van der Waals surface area contributed by atoms with Crippen LogP contribution >= 0.6 is 0 Å². The minimum atomic E-state index is -0.249. The van der Waals surface area contributed by atoms with Gasteiger partial charge in [-0.1, -0.05) is 24.3 Å². The highest BCUT2D eigenvalue weighted by Gasteiger charge is 2.18. The van der Waals surface area contributed by atoms with E-state index in [1.54, 1.807) is 28.9 Å². The lowest BCUT2D eigenvalue weighted by molar-refractivity contribution is 0.103. The highest BCUT2D eigenvalue weighted by Crippen LogP contribution is 2.23. The number of carbonyl (C=O) groups is 1. The molecule has 0 atom stereocenters. The zero-order valence-corrected chi connectivity index (χ0v) is 13.4. The van der Waals surface area contributed by atoms with Gasteiger partial charge in [0.25, 0.3) is 0 Å². The van der Waals surface area contributed by atoms with Gasteiger partial charge in [-0.05, 0) is 43.2 Å². The minimum absolute atomic E-state index is 0.249. The number of nitrogen functional groups attached to an aromatic ring is 1. The van der Waals surface area contributed by atoms with Gasteiger partial charge in [-0.15, -0.1) is 0 Å². The molecule has 0 bridgehead atoms. The Balaban J connectivity index is 2.05. The largest absolute Gasteiger partial charge is 0.383 e. The van der Waals surface area contributed by atoms with Crippen molar-refractivity contribution in [2.45, 2.75) is 13.8 Å². The van der Waals surface area contributed by atoms with Crippen molar-refractivity contribution < 1.29 is 4.79 Å². The molecule has 5 heteroatoms. The number of hydrogen-bond donors (Lipinski definition) is 1. The first kappa shape index (κ1) is 15.5. The number of hydrogen-bond acceptors (Lipinski definition) is 4. The van der Waals surface area contributed by atoms with Crippen LogP contribution in [0, 0.1) is 25.2 Å². The van der Waals surface area contributed by atoms with Crippen LogP contribution in [0.25, 0.3) is 5.69 Å². The topological polar surface area (TPSA) is 84.7 Å². The van der Waals surface area contributed by atoms with Crippen molar-refractivity contribution in [2.24, 2.45) is 0 Å². The second kappa shape index (κ2) is 6.01. The first-order valence-corrected chi connectivity index (χ1v) is 7.47. The molecule has 0 saturated heterocycles. The molecule has 0 unspecified atom stereocenters. The number of rotatable bonds is 3. The number of carbonyl (C=O) groups excluding carboxylic acids is 1. The molecule has 24 heavy (non-hydrogen) atoms. The Labute approximate surface area is 140 Å². The number of benzene rings is 2. The molecule has 2 N–H and O–H groups in total. The van der Waals surface area contributed by atoms with Gasteiger partial charge in [0.2, 0.25) is 0 Å². The number of ketones is 1. The summed E-state index contributed by atoms with van der Waals surface area (Å²) in [4.78, 5) is 12.7. The van der Waals surface area contributed by atoms with E-state index in [4.69, 9.17) is 11.0 Å². The number of anilines is 1. The van der Waals surface area contributed by atoms with E-state index in [2.05, 4.69) is 5.10 Å². The van der Waals surface area contributed by atoms with Gasteiger partial charge in [0.05, 0.1) is 29.1 Å². The highest BCUT2D eigenvalue weighted by molar-refractivity contribution is 6.11. The van der Waals surface area contributed by atoms with Gasteiger partial charge >= 0.3 is 0 Å². The standard InChI is InChI=1S/C19H16N4O/c1-12-6-7-13(2)17(8-12)23-19(21)16(11-22-23)18(24)15-5-3-4-14(9-15)10-20/h3-9,11H,21H2,1-2H3. The van der Waals surface area contributed by atoms with Crippen molar-refractivity contribution in [3.8, 4) is 11.8 Å². The maximum atomic E-state index is 12.7. The molecule has 5 nitrogen and oxygen atoms in total. The Kier molecular flexibility index (Phi) is 3.88. The second-order valence-corrected chi connectivity index (χ2v) is 5.67. The molecule has 3 aromatic rings. The summed E-state index contributed by atoms with van der Waals surface area (Å²) in [5.41, 5.74) is 10.3. The molecule has 0 aliphatic carbocycles. The van der Waals surface area contributed by atoms with Crippen molar-refractivity contribution in [3.63, 3.8) is 0 Å². The summed E-state index contributed by atoms with van der Waals surface area (Å²) in [7, 11) is 0. The maximum absolute atomic E-state index is 12.7. The molecule has 1 aromatic heterocycles. The van der Waals surface area contributed by atoms with Crippen LogP contribution in [0.2, 0.25) is 0 Å². The molecule has 0 aliphatic heterocycles. The summed E-state index contributed by atoms with van der Waals surface area (Å²) >= 11 is 0. The number of aryl methyl sites for hydroxylation is 2. The smallest absolute Gasteiger partial charge is 0.198 e. The van der Waals surface area contributed by atoms with E-state index in [-0.39, 0.29) is 11.6 Å². The number of aromatic nitrogens is 2. The summed E-state index contributed by atoms with van der Waals surface area (Å²) < 4.78 is 1.57. The third-order valence-electron chi connectivity index (χ3n) is 3.90. The monoisotopic (exact) mass is 316 g/mol. The van der Waals surface area contributed by atoms with Crippen LogP contribution in [0.1, 0.15) is 32.6 Å². The van der Waals surface area contributed by atoms with Crippen LogP contribution in [0.3, 0.4) is 0 Å². The summed E-state index contributed by atoms with van der Waals surface area (Å²) in [5, 5.41) is 13.3. The second-order valence-electron chi connectivity index (χ2n) is 5.67. The van der Waals surface area contributed by atoms with Crippen LogP contribution in [-0.2, 0) is 0 Å². The van der Waals surface area contributed by atoms with Crippen LogP contribution in [0.5, 0.6) is 0 Å². The molecule has 0 saturated carbocycles. The fraction of sp³-hybridized carbons (Fsp3) is 0.105. The summed E-state index contributed by atoms with van der Waals surface area (Å²) in [6, 6.07) is 14.6. The van der Waals surface area contributed by atoms with Gasteiger partial charge in [-0.25, -0.2) is 4.68 Å². The van der Waals surface area contributed by atoms with Crippen LogP contribution in [-0.4, -0.2) is 15.6 Å². The van der Waals surface area contributed by atoms with E-state index >= 15 is 0 Å². The molecule has 3 rings (SSSR count). The fourth-order valence-electron chi connectivity index (χ4n) is 2.56. The SMILES string of the molecule is Cc1ccc(C)c(-n2ncc(C(=O)c3cccc(C#N)c3)c2N)c1. The molecule has 0 amide bonds. The van der Waals surface area contributed by atoms with Crippen molar-refractivity contribution >= 4 is 11.6 Å². The fourth-order valence-corrected chi connectivity index (χ4v) is 2.56. The van der Waals surface area contributed by atoms with Crippen molar-refractivity contribution in [1.82, 2.24) is 9.78 Å². The lowest BCUT2D eigenvalue weighted by Crippen LogP contribution is -2.08. The van der Waals surface area contributed by atoms with Crippen LogP contribution in [0.15, 0.2) is 48.7 Å². The van der Waals surface area contributed by atoms with Crippen molar-refractivity contribution in [1.29, 1.82) is 5.26 Å². The molecule has 0 fully saturated rings. The Morgan fingerprint density at radius 1 is 1.21 bits per heavy atom. The van der Waals surface area contributed by atoms with Crippen LogP contribution < -0.4 is 5.73 Å². The van der Waals surface area contributed by atoms with E-state index in [1.807, 2.05) is 38.1 Å². The van der Waals surface area contributed by atoms with Gasteiger partial charge in [-0.3, -0.25) is 4.79 Å². The van der Waals surface area contributed by atoms with E-state index in [9.17, 15) is 4.79 Å². The molecular formula is C19H16N4O. The maximum Gasteiger partial charge on any atom is 0.198 e. The van der Waals surface area contributed by atoms with Crippen molar-refractivity contribution in [3.05, 3.63) is 76.5 Å². The predicted molar refractivity (Wildman–Crippen MR) is 92.0 cm³/mol. The molecule has 0 spiro atoms. The number of nitrogens with zero attached hydrogens (tertiary/aromatic N) is 3. The molecule has 2 aromatic carbocycles. The third kappa shape index (κ3) is 2.66. The Hall–Kier alpha value is -3.39. The van der Waals surface area contributed by atoms with E-state index in [0.717, 1.165) is 16.8 Å². The normalized spacial score (nSPS) is 10.4. The average molecular weight is 316 g/mol. The predicted octanol–water partition coefficient (Wildman–Crippen LogP) is 3.17. The van der Waals surface area contributed by atoms with E-state index in [0.29, 0.717) is 16.7 Å². The molecule has 1 heterocycles. The van der Waals surface area contributed by atoms with Gasteiger partial charge in [0.1, 0.15) is 5.82 Å². The lowest BCUT2D eigenvalue weighted by Gasteiger charge is -2.09. The molecular weight excluding hydrogens is 300 g/mol. The van der Waals surface area contributed by atoms with Gasteiger partial charge in [0.15, 0.2) is 5.78 Å². The first-order chi connectivity index (χ1) is 11.5. The van der Waals surface area contributed by atoms with E-state index in [1.165, 1.54) is 6.20 Å². The van der Waals surface area contributed by atoms with Gasteiger partial charge < -0.3 is 5.73 Å². The Bertz CT molecular complexity index is 979. The minimum Gasteiger partial charge on any atom is -0.383 e. The summed E-state index contributed by atoms with van der Waals surface area (Å²) in [5.74, 6) is 0.0391. The summed E-state index contributed by atoms with van der Waals surface area (Å²) in [6.45, 7) is 3.95. The van der Waals surface area contributed by atoms with E-state index < -0.39 is 0 Å². The highest BCUT2D eigenvalue weighted by atomic mass is 16.1. The van der Waals surface area contributed by atoms with Crippen LogP contribution in [0.4, 0.5) is 5.82 Å². The molecule has 0 aliphatic rings. The number of nitriles is 1. The first-order valence-electron chi connectivity index (χ1n) is 7.47. The zero-order valence-electron chi connectivity index (χ0n) is 13.4. The summed E-state index contributed by atoms with van der Waals surface area (Å²) in [6.07, 6.45) is 1.47. The van der Waals surface area contributed by atoms with Gasteiger partial charge in [-0.2, -0.15) is 10.4 Å². The Morgan fingerprint density at radius 3 is 2.75 bits per heavy atom. The lowest BCUT2D eigenvalue weighted by atomic mass is 10.0. The Morgan fingerprint density at radius 2 is 2.00 bits per heavy atom. The average Bonchev–Trinajstić information content (AvgIpc) is 2.97. The quantitative estimate of drug-likeness (QED) is 0.752. The molecule has 118 valence electrons. The molecule has 0 radical (unpaired) electrons. The number of nitrogens with two attached hydrogens (primary N) is 1. The zero-order chi connectivity index (χ0) is 17.3. The van der Waals surface area contributed by atoms with Gasteiger partial charge in [0, 0.05) is 5.56 Å². The third-order valence-corrected chi connectivity index (χ3v) is 3.90.